The van der Waals surface area contributed by atoms with E-state index < -0.39 is 0 Å². The number of anilines is 1. The van der Waals surface area contributed by atoms with Crippen molar-refractivity contribution >= 4 is 40.2 Å². The summed E-state index contributed by atoms with van der Waals surface area (Å²) in [7, 11) is 1.55. The van der Waals surface area contributed by atoms with Crippen molar-refractivity contribution in [3.8, 4) is 11.5 Å². The van der Waals surface area contributed by atoms with Crippen LogP contribution in [0.2, 0.25) is 5.02 Å². The molecule has 0 aliphatic rings. The van der Waals surface area contributed by atoms with Crippen LogP contribution in [-0.4, -0.2) is 24.2 Å². The molecule has 0 aliphatic heterocycles. The van der Waals surface area contributed by atoms with Crippen molar-refractivity contribution in [2.45, 2.75) is 13.5 Å². The summed E-state index contributed by atoms with van der Waals surface area (Å²) in [6, 6.07) is 12.8. The van der Waals surface area contributed by atoms with E-state index in [2.05, 4.69) is 15.5 Å². The summed E-state index contributed by atoms with van der Waals surface area (Å²) in [6.45, 7) is 2.04. The third-order valence-corrected chi connectivity index (χ3v) is 5.28. The molecule has 0 radical (unpaired) electrons. The molecule has 7 nitrogen and oxygen atoms in total. The molecule has 1 aromatic heterocycles. The van der Waals surface area contributed by atoms with Gasteiger partial charge in [-0.3, -0.25) is 4.79 Å². The molecule has 1 heterocycles. The second-order valence-corrected chi connectivity index (χ2v) is 7.39. The van der Waals surface area contributed by atoms with E-state index in [0.29, 0.717) is 38.8 Å². The largest absolute Gasteiger partial charge is 0.493 e. The van der Waals surface area contributed by atoms with Gasteiger partial charge in [-0.1, -0.05) is 41.1 Å². The summed E-state index contributed by atoms with van der Waals surface area (Å²) in [6.07, 6.45) is 1.51. The Morgan fingerprint density at radius 3 is 2.79 bits per heavy atom. The van der Waals surface area contributed by atoms with Crippen LogP contribution < -0.4 is 20.6 Å². The van der Waals surface area contributed by atoms with Gasteiger partial charge in [-0.05, 0) is 36.8 Å². The molecule has 0 spiro atoms. The monoisotopic (exact) mass is 430 g/mol. The molecule has 9 heteroatoms. The zero-order valence-corrected chi connectivity index (χ0v) is 17.4. The van der Waals surface area contributed by atoms with Crippen molar-refractivity contribution < 1.29 is 14.3 Å². The number of ether oxygens (including phenoxy) is 2. The molecule has 0 bridgehead atoms. The molecule has 0 saturated carbocycles. The second-order valence-electron chi connectivity index (χ2n) is 5.96. The lowest BCUT2D eigenvalue weighted by atomic mass is 10.2. The zero-order chi connectivity index (χ0) is 20.8. The fourth-order valence-electron chi connectivity index (χ4n) is 2.50. The van der Waals surface area contributed by atoms with Crippen LogP contribution in [0.15, 0.2) is 47.6 Å². The minimum Gasteiger partial charge on any atom is -0.493 e. The number of hydrogen-bond acceptors (Lipinski definition) is 7. The third-order valence-electron chi connectivity index (χ3n) is 3.93. The number of rotatable bonds is 7. The second kappa shape index (κ2) is 9.40. The zero-order valence-electron chi connectivity index (χ0n) is 15.8. The van der Waals surface area contributed by atoms with Crippen LogP contribution >= 0.6 is 22.9 Å². The average Bonchev–Trinajstić information content (AvgIpc) is 3.06. The fraction of sp³-hybridized carbons (Fsp3) is 0.150. The first kappa shape index (κ1) is 20.6. The summed E-state index contributed by atoms with van der Waals surface area (Å²) in [4.78, 5) is 16.6. The van der Waals surface area contributed by atoms with E-state index in [-0.39, 0.29) is 5.91 Å². The van der Waals surface area contributed by atoms with E-state index in [1.54, 1.807) is 32.2 Å². The van der Waals surface area contributed by atoms with E-state index >= 15 is 0 Å². The minimum absolute atomic E-state index is 0.316. The number of benzene rings is 2. The van der Waals surface area contributed by atoms with Crippen LogP contribution in [-0.2, 0) is 6.61 Å². The van der Waals surface area contributed by atoms with Gasteiger partial charge in [-0.2, -0.15) is 5.10 Å². The fourth-order valence-corrected chi connectivity index (χ4v) is 3.41. The highest BCUT2D eigenvalue weighted by Crippen LogP contribution is 2.29. The van der Waals surface area contributed by atoms with Gasteiger partial charge >= 0.3 is 0 Å². The molecule has 29 heavy (non-hydrogen) atoms. The molecule has 0 saturated heterocycles. The summed E-state index contributed by atoms with van der Waals surface area (Å²) >= 11 is 7.27. The van der Waals surface area contributed by atoms with Crippen LogP contribution in [0.25, 0.3) is 0 Å². The molecule has 0 unspecified atom stereocenters. The van der Waals surface area contributed by atoms with Crippen molar-refractivity contribution in [3.63, 3.8) is 0 Å². The summed E-state index contributed by atoms with van der Waals surface area (Å²) < 4.78 is 11.2. The summed E-state index contributed by atoms with van der Waals surface area (Å²) in [5.41, 5.74) is 10.3. The number of carbonyl (C=O) groups is 1. The van der Waals surface area contributed by atoms with Gasteiger partial charge in [0, 0.05) is 10.6 Å². The number of hydrogen-bond donors (Lipinski definition) is 2. The molecule has 1 amide bonds. The maximum atomic E-state index is 12.1. The normalized spacial score (nSPS) is 10.9. The minimum atomic E-state index is -0.361. The van der Waals surface area contributed by atoms with Crippen molar-refractivity contribution in [2.24, 2.45) is 5.10 Å². The quantitative estimate of drug-likeness (QED) is 0.435. The first-order valence-electron chi connectivity index (χ1n) is 8.58. The summed E-state index contributed by atoms with van der Waals surface area (Å²) in [5, 5.41) is 4.96. The topological polar surface area (TPSA) is 98.8 Å². The first-order valence-corrected chi connectivity index (χ1v) is 9.78. The number of amides is 1. The van der Waals surface area contributed by atoms with Crippen LogP contribution in [0.1, 0.15) is 26.5 Å². The Kier molecular flexibility index (Phi) is 6.69. The highest BCUT2D eigenvalue weighted by atomic mass is 35.5. The first-order chi connectivity index (χ1) is 14.0. The van der Waals surface area contributed by atoms with Gasteiger partial charge in [0.1, 0.15) is 11.5 Å². The SMILES string of the molecule is COc1cc(C=NNC(=O)c2sc(N)nc2C)ccc1OCc1ccccc1Cl. The number of nitrogens with zero attached hydrogens (tertiary/aromatic N) is 2. The molecule has 150 valence electrons. The van der Waals surface area contributed by atoms with Gasteiger partial charge < -0.3 is 15.2 Å². The Balaban J connectivity index is 1.65. The van der Waals surface area contributed by atoms with Crippen molar-refractivity contribution in [2.75, 3.05) is 12.8 Å². The maximum Gasteiger partial charge on any atom is 0.283 e. The van der Waals surface area contributed by atoms with Crippen LogP contribution in [0.3, 0.4) is 0 Å². The van der Waals surface area contributed by atoms with Crippen LogP contribution in [0, 0.1) is 6.92 Å². The van der Waals surface area contributed by atoms with Gasteiger partial charge in [0.25, 0.3) is 5.91 Å². The number of carbonyl (C=O) groups excluding carboxylic acids is 1. The van der Waals surface area contributed by atoms with Crippen molar-refractivity contribution in [1.29, 1.82) is 0 Å². The number of nitrogen functional groups attached to an aromatic ring is 1. The predicted molar refractivity (Wildman–Crippen MR) is 115 cm³/mol. The standard InChI is InChI=1S/C20H19ClN4O3S/c1-12-18(29-20(22)24-12)19(26)25-23-10-13-7-8-16(17(9-13)27-2)28-11-14-5-3-4-6-15(14)21/h3-10H,11H2,1-2H3,(H2,22,24)(H,25,26). The Morgan fingerprint density at radius 2 is 2.10 bits per heavy atom. The summed E-state index contributed by atoms with van der Waals surface area (Å²) in [5.74, 6) is 0.752. The van der Waals surface area contributed by atoms with Crippen molar-refractivity contribution in [3.05, 3.63) is 69.2 Å². The Morgan fingerprint density at radius 1 is 1.31 bits per heavy atom. The Bertz CT molecular complexity index is 1050. The molecule has 0 aliphatic carbocycles. The molecule has 3 N–H and O–H groups in total. The van der Waals surface area contributed by atoms with Gasteiger partial charge in [0.15, 0.2) is 16.6 Å². The smallest absolute Gasteiger partial charge is 0.283 e. The molecule has 3 aromatic rings. The number of halogens is 1. The Labute approximate surface area is 177 Å². The van der Waals surface area contributed by atoms with Gasteiger partial charge in [0.05, 0.1) is 19.0 Å². The number of methoxy groups -OCH3 is 1. The molecule has 0 fully saturated rings. The molecular weight excluding hydrogens is 412 g/mol. The average molecular weight is 431 g/mol. The van der Waals surface area contributed by atoms with Gasteiger partial charge in [-0.15, -0.1) is 0 Å². The number of aryl methyl sites for hydroxylation is 1. The highest BCUT2D eigenvalue weighted by molar-refractivity contribution is 7.17. The Hall–Kier alpha value is -3.10. The lowest BCUT2D eigenvalue weighted by molar-refractivity contribution is 0.0958. The number of aromatic nitrogens is 1. The predicted octanol–water partition coefficient (Wildman–Crippen LogP) is 4.04. The van der Waals surface area contributed by atoms with E-state index in [0.717, 1.165) is 22.5 Å². The number of thiazole rings is 1. The number of nitrogens with two attached hydrogens (primary N) is 1. The van der Waals surface area contributed by atoms with Crippen LogP contribution in [0.4, 0.5) is 5.13 Å². The van der Waals surface area contributed by atoms with E-state index in [4.69, 9.17) is 26.8 Å². The number of hydrazone groups is 1. The van der Waals surface area contributed by atoms with Gasteiger partial charge in [-0.25, -0.2) is 10.4 Å². The molecule has 3 rings (SSSR count). The van der Waals surface area contributed by atoms with Crippen LogP contribution in [0.5, 0.6) is 11.5 Å². The van der Waals surface area contributed by atoms with E-state index in [1.807, 2.05) is 24.3 Å². The molecule has 2 aromatic carbocycles. The number of nitrogens with one attached hydrogen (secondary N) is 1. The third kappa shape index (κ3) is 5.24. The van der Waals surface area contributed by atoms with E-state index in [1.165, 1.54) is 6.21 Å². The lowest BCUT2D eigenvalue weighted by Crippen LogP contribution is -2.17. The van der Waals surface area contributed by atoms with Gasteiger partial charge in [0.2, 0.25) is 0 Å². The maximum absolute atomic E-state index is 12.1. The van der Waals surface area contributed by atoms with E-state index in [9.17, 15) is 4.79 Å². The molecule has 0 atom stereocenters. The highest BCUT2D eigenvalue weighted by Gasteiger charge is 2.13. The van der Waals surface area contributed by atoms with Crippen molar-refractivity contribution in [1.82, 2.24) is 10.4 Å². The lowest BCUT2D eigenvalue weighted by Gasteiger charge is -2.12. The molecular formula is C20H19ClN4O3S.